The number of aliphatic hydroxyl groups is 1. The van der Waals surface area contributed by atoms with E-state index >= 15 is 0 Å². The molecule has 1 unspecified atom stereocenters. The van der Waals surface area contributed by atoms with Crippen molar-refractivity contribution in [3.05, 3.63) is 29.8 Å². The van der Waals surface area contributed by atoms with Crippen molar-refractivity contribution in [3.8, 4) is 5.75 Å². The summed E-state index contributed by atoms with van der Waals surface area (Å²) in [6.45, 7) is 10.4. The van der Waals surface area contributed by atoms with Crippen LogP contribution in [0.4, 0.5) is 0 Å². The summed E-state index contributed by atoms with van der Waals surface area (Å²) in [7, 11) is 0. The maximum Gasteiger partial charge on any atom is 0.125 e. The zero-order chi connectivity index (χ0) is 14.3. The fourth-order valence-corrected chi connectivity index (χ4v) is 3.15. The average molecular weight is 264 g/mol. The van der Waals surface area contributed by atoms with Crippen LogP contribution in [0.1, 0.15) is 46.6 Å². The Morgan fingerprint density at radius 2 is 1.84 bits per heavy atom. The van der Waals surface area contributed by atoms with E-state index in [-0.39, 0.29) is 5.60 Å². The second-order valence-electron chi connectivity index (χ2n) is 6.34. The molecule has 2 rings (SSSR count). The van der Waals surface area contributed by atoms with Gasteiger partial charge in [-0.05, 0) is 40.7 Å². The highest BCUT2D eigenvalue weighted by molar-refractivity contribution is 5.41. The van der Waals surface area contributed by atoms with Gasteiger partial charge in [0.2, 0.25) is 0 Å². The van der Waals surface area contributed by atoms with Crippen LogP contribution in [-0.2, 0) is 10.3 Å². The fraction of sp³-hybridized carbons (Fsp3) is 0.625. The number of para-hydroxylation sites is 1. The van der Waals surface area contributed by atoms with Crippen LogP contribution in [-0.4, -0.2) is 22.9 Å². The Hall–Kier alpha value is -1.06. The van der Waals surface area contributed by atoms with Gasteiger partial charge >= 0.3 is 0 Å². The zero-order valence-electron chi connectivity index (χ0n) is 12.5. The van der Waals surface area contributed by atoms with E-state index in [1.165, 1.54) is 0 Å². The topological polar surface area (TPSA) is 38.7 Å². The van der Waals surface area contributed by atoms with Gasteiger partial charge < -0.3 is 14.6 Å². The van der Waals surface area contributed by atoms with Crippen LogP contribution in [0, 0.1) is 0 Å². The van der Waals surface area contributed by atoms with E-state index in [4.69, 9.17) is 9.47 Å². The number of benzene rings is 1. The highest BCUT2D eigenvalue weighted by Gasteiger charge is 2.58. The van der Waals surface area contributed by atoms with Crippen molar-refractivity contribution in [1.82, 2.24) is 0 Å². The van der Waals surface area contributed by atoms with Crippen molar-refractivity contribution in [1.29, 1.82) is 0 Å². The van der Waals surface area contributed by atoms with Crippen LogP contribution in [0.3, 0.4) is 0 Å². The third kappa shape index (κ3) is 2.37. The average Bonchev–Trinajstić information content (AvgIpc) is 2.44. The number of rotatable bonds is 3. The first kappa shape index (κ1) is 14.4. The van der Waals surface area contributed by atoms with E-state index in [9.17, 15) is 5.11 Å². The third-order valence-electron chi connectivity index (χ3n) is 3.84. The highest BCUT2D eigenvalue weighted by atomic mass is 16.6. The van der Waals surface area contributed by atoms with Crippen LogP contribution in [0.15, 0.2) is 24.3 Å². The van der Waals surface area contributed by atoms with Gasteiger partial charge in [0, 0.05) is 12.0 Å². The lowest BCUT2D eigenvalue weighted by Gasteiger charge is -2.36. The summed E-state index contributed by atoms with van der Waals surface area (Å²) in [4.78, 5) is 0. The maximum absolute atomic E-state index is 11.2. The van der Waals surface area contributed by atoms with Gasteiger partial charge in [0.1, 0.15) is 11.4 Å². The van der Waals surface area contributed by atoms with E-state index < -0.39 is 11.2 Å². The molecule has 0 spiro atoms. The van der Waals surface area contributed by atoms with Gasteiger partial charge in [-0.15, -0.1) is 0 Å². The molecule has 1 aliphatic rings. The molecule has 0 aliphatic carbocycles. The minimum atomic E-state index is -1.04. The Balaban J connectivity index is 2.51. The Labute approximate surface area is 115 Å². The zero-order valence-corrected chi connectivity index (χ0v) is 12.5. The molecule has 1 N–H and O–H groups in total. The van der Waals surface area contributed by atoms with Crippen molar-refractivity contribution in [3.63, 3.8) is 0 Å². The molecule has 1 atom stereocenters. The van der Waals surface area contributed by atoms with E-state index in [0.29, 0.717) is 13.0 Å². The molecule has 1 aromatic carbocycles. The first-order valence-electron chi connectivity index (χ1n) is 6.87. The van der Waals surface area contributed by atoms with E-state index in [0.717, 1.165) is 11.3 Å². The molecule has 0 radical (unpaired) electrons. The Kier molecular flexibility index (Phi) is 3.40. The lowest BCUT2D eigenvalue weighted by atomic mass is 9.77. The predicted molar refractivity (Wildman–Crippen MR) is 75.4 cm³/mol. The molecule has 3 nitrogen and oxygen atoms in total. The van der Waals surface area contributed by atoms with Gasteiger partial charge in [-0.2, -0.15) is 0 Å². The second kappa shape index (κ2) is 4.50. The lowest BCUT2D eigenvalue weighted by molar-refractivity contribution is -0.130. The summed E-state index contributed by atoms with van der Waals surface area (Å²) in [5.41, 5.74) is -1.23. The van der Waals surface area contributed by atoms with Crippen LogP contribution in [0.5, 0.6) is 5.75 Å². The third-order valence-corrected chi connectivity index (χ3v) is 3.84. The molecule has 1 fully saturated rings. The summed E-state index contributed by atoms with van der Waals surface area (Å²) in [6, 6.07) is 7.68. The largest absolute Gasteiger partial charge is 0.493 e. The minimum Gasteiger partial charge on any atom is -0.493 e. The normalized spacial score (nSPS) is 28.3. The fourth-order valence-electron chi connectivity index (χ4n) is 3.15. The summed E-state index contributed by atoms with van der Waals surface area (Å²) in [5, 5.41) is 11.2. The quantitative estimate of drug-likeness (QED) is 0.910. The standard InChI is InChI=1S/C16H24O3/c1-6-18-13-10-8-7-9-12(13)16(17)11-14(2,3)19-15(16,4)5/h7-10,17H,6,11H2,1-5H3. The predicted octanol–water partition coefficient (Wildman–Crippen LogP) is 3.25. The Morgan fingerprint density at radius 3 is 2.37 bits per heavy atom. The molecule has 1 aromatic rings. The Bertz CT molecular complexity index is 465. The molecule has 3 heteroatoms. The van der Waals surface area contributed by atoms with Gasteiger partial charge in [-0.1, -0.05) is 18.2 Å². The first-order chi connectivity index (χ1) is 8.72. The number of hydrogen-bond donors (Lipinski definition) is 1. The van der Waals surface area contributed by atoms with Crippen molar-refractivity contribution in [2.75, 3.05) is 6.61 Å². The summed E-state index contributed by atoms with van der Waals surface area (Å²) in [5.74, 6) is 0.738. The smallest absolute Gasteiger partial charge is 0.125 e. The molecule has 106 valence electrons. The lowest BCUT2D eigenvalue weighted by Crippen LogP contribution is -2.43. The van der Waals surface area contributed by atoms with Gasteiger partial charge in [0.25, 0.3) is 0 Å². The van der Waals surface area contributed by atoms with Crippen LogP contribution in [0.25, 0.3) is 0 Å². The molecular weight excluding hydrogens is 240 g/mol. The van der Waals surface area contributed by atoms with E-state index in [1.54, 1.807) is 0 Å². The Morgan fingerprint density at radius 1 is 1.21 bits per heavy atom. The summed E-state index contributed by atoms with van der Waals surface area (Å²) in [6.07, 6.45) is 0.553. The van der Waals surface area contributed by atoms with Crippen molar-refractivity contribution in [2.45, 2.75) is 57.8 Å². The molecule has 0 amide bonds. The van der Waals surface area contributed by atoms with Crippen molar-refractivity contribution >= 4 is 0 Å². The SMILES string of the molecule is CCOc1ccccc1C1(O)CC(C)(C)OC1(C)C. The molecule has 0 bridgehead atoms. The summed E-state index contributed by atoms with van der Waals surface area (Å²) < 4.78 is 11.7. The van der Waals surface area contributed by atoms with Gasteiger partial charge in [0.15, 0.2) is 0 Å². The minimum absolute atomic E-state index is 0.350. The van der Waals surface area contributed by atoms with Crippen molar-refractivity contribution < 1.29 is 14.6 Å². The van der Waals surface area contributed by atoms with Crippen LogP contribution < -0.4 is 4.74 Å². The molecule has 0 aromatic heterocycles. The van der Waals surface area contributed by atoms with Crippen LogP contribution in [0.2, 0.25) is 0 Å². The number of hydrogen-bond acceptors (Lipinski definition) is 3. The van der Waals surface area contributed by atoms with Gasteiger partial charge in [0.05, 0.1) is 17.8 Å². The molecule has 1 saturated heterocycles. The number of ether oxygens (including phenoxy) is 2. The molecule has 1 heterocycles. The van der Waals surface area contributed by atoms with Crippen molar-refractivity contribution in [2.24, 2.45) is 0 Å². The first-order valence-corrected chi connectivity index (χ1v) is 6.87. The highest BCUT2D eigenvalue weighted by Crippen LogP contribution is 2.52. The van der Waals surface area contributed by atoms with E-state index in [1.807, 2.05) is 58.9 Å². The molecular formula is C16H24O3. The van der Waals surface area contributed by atoms with Gasteiger partial charge in [-0.3, -0.25) is 0 Å². The molecule has 0 saturated carbocycles. The summed E-state index contributed by atoms with van der Waals surface area (Å²) >= 11 is 0. The maximum atomic E-state index is 11.2. The molecule has 19 heavy (non-hydrogen) atoms. The monoisotopic (exact) mass is 264 g/mol. The molecule has 1 aliphatic heterocycles. The second-order valence-corrected chi connectivity index (χ2v) is 6.34. The van der Waals surface area contributed by atoms with Gasteiger partial charge in [-0.25, -0.2) is 0 Å². The van der Waals surface area contributed by atoms with Crippen LogP contribution >= 0.6 is 0 Å². The van der Waals surface area contributed by atoms with E-state index in [2.05, 4.69) is 0 Å².